The monoisotopic (exact) mass is 426 g/mol. The van der Waals surface area contributed by atoms with Crippen molar-refractivity contribution in [2.24, 2.45) is 0 Å². The molecule has 0 radical (unpaired) electrons. The fourth-order valence-electron chi connectivity index (χ4n) is 2.85. The van der Waals surface area contributed by atoms with E-state index in [4.69, 9.17) is 0 Å². The lowest BCUT2D eigenvalue weighted by molar-refractivity contribution is -0.137. The molecule has 3 aromatic rings. The Morgan fingerprint density at radius 1 is 1.00 bits per heavy atom. The zero-order valence-electron chi connectivity index (χ0n) is 15.1. The maximum atomic E-state index is 14.1. The summed E-state index contributed by atoms with van der Waals surface area (Å²) in [7, 11) is 0. The van der Waals surface area contributed by atoms with E-state index in [-0.39, 0.29) is 25.3 Å². The molecule has 9 heteroatoms. The van der Waals surface area contributed by atoms with Crippen LogP contribution in [0.15, 0.2) is 53.9 Å². The van der Waals surface area contributed by atoms with Crippen molar-refractivity contribution in [3.05, 3.63) is 87.1 Å². The zero-order chi connectivity index (χ0) is 21.0. The van der Waals surface area contributed by atoms with E-state index >= 15 is 0 Å². The summed E-state index contributed by atoms with van der Waals surface area (Å²) in [4.78, 5) is 5.87. The first kappa shape index (κ1) is 21.4. The number of aromatic nitrogens is 1. The standard InChI is InChI=1S/C20H18F4N2O2S/c21-16-7-2-1-5-14(16)10-26(11-18-25-17(12-29-18)19(27)28)9-13-4-3-6-15(8-13)20(22,23)24/h1-8,12,19,27-28H,9-11H2. The van der Waals surface area contributed by atoms with E-state index in [9.17, 15) is 27.8 Å². The van der Waals surface area contributed by atoms with Gasteiger partial charge < -0.3 is 10.2 Å². The summed E-state index contributed by atoms with van der Waals surface area (Å²) in [5, 5.41) is 20.5. The Balaban J connectivity index is 1.85. The molecule has 1 heterocycles. The van der Waals surface area contributed by atoms with Crippen molar-refractivity contribution < 1.29 is 27.8 Å². The van der Waals surface area contributed by atoms with E-state index in [1.54, 1.807) is 29.2 Å². The third-order valence-corrected chi connectivity index (χ3v) is 5.06. The van der Waals surface area contributed by atoms with Crippen LogP contribution in [0.5, 0.6) is 0 Å². The zero-order valence-corrected chi connectivity index (χ0v) is 15.9. The molecule has 0 spiro atoms. The van der Waals surface area contributed by atoms with E-state index < -0.39 is 23.8 Å². The smallest absolute Gasteiger partial charge is 0.363 e. The second-order valence-electron chi connectivity index (χ2n) is 6.47. The maximum Gasteiger partial charge on any atom is 0.416 e. The number of alkyl halides is 3. The average Bonchev–Trinajstić information content (AvgIpc) is 3.12. The number of rotatable bonds is 7. The molecule has 2 N–H and O–H groups in total. The predicted molar refractivity (Wildman–Crippen MR) is 100 cm³/mol. The molecule has 0 unspecified atom stereocenters. The molecule has 3 rings (SSSR count). The van der Waals surface area contributed by atoms with Crippen LogP contribution >= 0.6 is 11.3 Å². The topological polar surface area (TPSA) is 56.6 Å². The van der Waals surface area contributed by atoms with E-state index in [1.807, 2.05) is 0 Å². The molecule has 0 bridgehead atoms. The van der Waals surface area contributed by atoms with Crippen LogP contribution in [-0.2, 0) is 25.8 Å². The van der Waals surface area contributed by atoms with Crippen molar-refractivity contribution in [2.45, 2.75) is 32.1 Å². The number of aliphatic hydroxyl groups excluding tert-OH is 1. The first-order valence-electron chi connectivity index (χ1n) is 8.64. The molecule has 154 valence electrons. The minimum Gasteiger partial charge on any atom is -0.363 e. The molecule has 0 saturated heterocycles. The largest absolute Gasteiger partial charge is 0.416 e. The van der Waals surface area contributed by atoms with Gasteiger partial charge in [-0.15, -0.1) is 11.3 Å². The molecule has 0 aliphatic heterocycles. The van der Waals surface area contributed by atoms with Crippen molar-refractivity contribution >= 4 is 11.3 Å². The number of aliphatic hydroxyl groups is 2. The normalized spacial score (nSPS) is 12.1. The predicted octanol–water partition coefficient (Wildman–Crippen LogP) is 4.49. The highest BCUT2D eigenvalue weighted by Gasteiger charge is 2.30. The Kier molecular flexibility index (Phi) is 6.63. The Morgan fingerprint density at radius 2 is 1.76 bits per heavy atom. The lowest BCUT2D eigenvalue weighted by Crippen LogP contribution is -2.23. The fourth-order valence-corrected chi connectivity index (χ4v) is 3.69. The summed E-state index contributed by atoms with van der Waals surface area (Å²) in [6.07, 6.45) is -6.16. The number of benzene rings is 2. The molecule has 0 atom stereocenters. The number of nitrogens with zero attached hydrogens (tertiary/aromatic N) is 2. The van der Waals surface area contributed by atoms with Crippen LogP contribution in [0.3, 0.4) is 0 Å². The van der Waals surface area contributed by atoms with Crippen LogP contribution in [0.4, 0.5) is 17.6 Å². The first-order valence-corrected chi connectivity index (χ1v) is 9.52. The summed E-state index contributed by atoms with van der Waals surface area (Å²) >= 11 is 1.19. The fraction of sp³-hybridized carbons (Fsp3) is 0.250. The van der Waals surface area contributed by atoms with Crippen LogP contribution in [0.25, 0.3) is 0 Å². The summed E-state index contributed by atoms with van der Waals surface area (Å²) in [6, 6.07) is 11.2. The Hall–Kier alpha value is -2.33. The Bertz CT molecular complexity index is 959. The van der Waals surface area contributed by atoms with Gasteiger partial charge in [0.2, 0.25) is 0 Å². The van der Waals surface area contributed by atoms with Crippen LogP contribution in [0.2, 0.25) is 0 Å². The summed E-state index contributed by atoms with van der Waals surface area (Å²) in [6.45, 7) is 0.496. The minimum absolute atomic E-state index is 0.0925. The van der Waals surface area contributed by atoms with Crippen LogP contribution in [-0.4, -0.2) is 20.1 Å². The molecule has 0 amide bonds. The number of hydrogen-bond donors (Lipinski definition) is 2. The van der Waals surface area contributed by atoms with Crippen LogP contribution in [0.1, 0.15) is 33.7 Å². The summed E-state index contributed by atoms with van der Waals surface area (Å²) in [5.41, 5.74) is 0.171. The third-order valence-electron chi connectivity index (χ3n) is 4.21. The van der Waals surface area contributed by atoms with Gasteiger partial charge in [-0.3, -0.25) is 4.90 Å². The third kappa shape index (κ3) is 5.83. The van der Waals surface area contributed by atoms with Crippen LogP contribution < -0.4 is 0 Å². The maximum absolute atomic E-state index is 14.1. The Labute approximate surface area is 168 Å². The van der Waals surface area contributed by atoms with Gasteiger partial charge in [0.05, 0.1) is 12.1 Å². The first-order chi connectivity index (χ1) is 13.7. The molecule has 29 heavy (non-hydrogen) atoms. The van der Waals surface area contributed by atoms with E-state index in [0.29, 0.717) is 16.1 Å². The molecule has 4 nitrogen and oxygen atoms in total. The molecule has 1 aromatic heterocycles. The van der Waals surface area contributed by atoms with E-state index in [2.05, 4.69) is 4.98 Å². The van der Waals surface area contributed by atoms with Gasteiger partial charge in [-0.25, -0.2) is 9.37 Å². The van der Waals surface area contributed by atoms with Crippen molar-refractivity contribution in [1.82, 2.24) is 9.88 Å². The van der Waals surface area contributed by atoms with Crippen molar-refractivity contribution in [1.29, 1.82) is 0 Å². The molecule has 2 aromatic carbocycles. The lowest BCUT2D eigenvalue weighted by atomic mass is 10.1. The highest BCUT2D eigenvalue weighted by atomic mass is 32.1. The number of halogens is 4. The van der Waals surface area contributed by atoms with Gasteiger partial charge in [-0.05, 0) is 17.7 Å². The van der Waals surface area contributed by atoms with E-state index in [0.717, 1.165) is 12.1 Å². The van der Waals surface area contributed by atoms with Crippen LogP contribution in [0, 0.1) is 5.82 Å². The summed E-state index contributed by atoms with van der Waals surface area (Å²) < 4.78 is 53.1. The van der Waals surface area contributed by atoms with Gasteiger partial charge in [0.25, 0.3) is 0 Å². The van der Waals surface area contributed by atoms with Gasteiger partial charge >= 0.3 is 6.18 Å². The lowest BCUT2D eigenvalue weighted by Gasteiger charge is -2.22. The Morgan fingerprint density at radius 3 is 2.41 bits per heavy atom. The van der Waals surface area contributed by atoms with Gasteiger partial charge in [0, 0.05) is 24.0 Å². The number of hydrogen-bond acceptors (Lipinski definition) is 5. The molecular formula is C20H18F4N2O2S. The number of thiazole rings is 1. The summed E-state index contributed by atoms with van der Waals surface area (Å²) in [5.74, 6) is -0.410. The van der Waals surface area contributed by atoms with Crippen molar-refractivity contribution in [2.75, 3.05) is 0 Å². The SMILES string of the molecule is OC(O)c1csc(CN(Cc2cccc(C(F)(F)F)c2)Cc2ccccc2F)n1. The van der Waals surface area contributed by atoms with Gasteiger partial charge in [0.1, 0.15) is 16.5 Å². The second-order valence-corrected chi connectivity index (χ2v) is 7.42. The molecule has 0 aliphatic carbocycles. The highest BCUT2D eigenvalue weighted by molar-refractivity contribution is 7.09. The quantitative estimate of drug-likeness (QED) is 0.432. The average molecular weight is 426 g/mol. The highest BCUT2D eigenvalue weighted by Crippen LogP contribution is 2.30. The van der Waals surface area contributed by atoms with Gasteiger partial charge in [-0.1, -0.05) is 36.4 Å². The molecule has 0 aliphatic rings. The molecule has 0 fully saturated rings. The second kappa shape index (κ2) is 9.00. The van der Waals surface area contributed by atoms with Crippen molar-refractivity contribution in [3.8, 4) is 0 Å². The van der Waals surface area contributed by atoms with E-state index in [1.165, 1.54) is 28.8 Å². The van der Waals surface area contributed by atoms with Gasteiger partial charge in [-0.2, -0.15) is 13.2 Å². The molecule has 0 saturated carbocycles. The minimum atomic E-state index is -4.45. The van der Waals surface area contributed by atoms with Crippen molar-refractivity contribution in [3.63, 3.8) is 0 Å². The molecular weight excluding hydrogens is 408 g/mol. The van der Waals surface area contributed by atoms with Gasteiger partial charge in [0.15, 0.2) is 6.29 Å².